The number of nitrogens with one attached hydrogen (secondary N) is 1. The van der Waals surface area contributed by atoms with E-state index in [-0.39, 0.29) is 0 Å². The van der Waals surface area contributed by atoms with Gasteiger partial charge in [0, 0.05) is 6.54 Å². The van der Waals surface area contributed by atoms with Crippen LogP contribution in [0.4, 0.5) is 4.79 Å². The first-order chi connectivity index (χ1) is 2.77. The van der Waals surface area contributed by atoms with Crippen LogP contribution in [0, 0.1) is 0 Å². The number of rotatable bonds is 1. The summed E-state index contributed by atoms with van der Waals surface area (Å²) in [6.45, 7) is 2.41. The van der Waals surface area contributed by atoms with Gasteiger partial charge in [-0.25, -0.2) is 0 Å². The normalized spacial score (nSPS) is 7.67. The van der Waals surface area contributed by atoms with Crippen molar-refractivity contribution in [3.8, 4) is 0 Å². The Bertz CT molecular complexity index is 54.8. The van der Waals surface area contributed by atoms with Gasteiger partial charge in [-0.1, -0.05) is 0 Å². The van der Waals surface area contributed by atoms with Crippen LogP contribution in [0.5, 0.6) is 0 Å². The van der Waals surface area contributed by atoms with Gasteiger partial charge in [0.1, 0.15) is 0 Å². The van der Waals surface area contributed by atoms with Crippen LogP contribution in [-0.4, -0.2) is 11.9 Å². The lowest BCUT2D eigenvalue weighted by atomic mass is 10.5. The Morgan fingerprint density at radius 2 is 2.50 bits per heavy atom. The van der Waals surface area contributed by atoms with Gasteiger partial charge in [-0.2, -0.15) is 0 Å². The molecule has 1 N–H and O–H groups in total. The zero-order valence-electron chi connectivity index (χ0n) is 3.49. The molecule has 0 rings (SSSR count). The maximum absolute atomic E-state index is 9.70. The lowest BCUT2D eigenvalue weighted by Crippen LogP contribution is -2.14. The molecule has 0 radical (unpaired) electrons. The first-order valence-electron chi connectivity index (χ1n) is 1.70. The molecule has 0 aromatic carbocycles. The zero-order chi connectivity index (χ0) is 4.99. The molecule has 0 saturated heterocycles. The van der Waals surface area contributed by atoms with Gasteiger partial charge in [0.15, 0.2) is 0 Å². The van der Waals surface area contributed by atoms with Crippen molar-refractivity contribution < 1.29 is 4.79 Å². The predicted molar refractivity (Wildman–Crippen MR) is 24.9 cm³/mol. The number of amides is 1. The van der Waals surface area contributed by atoms with Crippen LogP contribution >= 0.6 is 11.6 Å². The first kappa shape index (κ1) is 5.76. The second-order valence-corrected chi connectivity index (χ2v) is 1.15. The van der Waals surface area contributed by atoms with E-state index in [1.54, 1.807) is 6.92 Å². The minimum atomic E-state index is -0.488. The highest BCUT2D eigenvalue weighted by atomic mass is 35.5. The van der Waals surface area contributed by atoms with E-state index in [0.29, 0.717) is 6.54 Å². The lowest BCUT2D eigenvalue weighted by Gasteiger charge is -1.86. The minimum Gasteiger partial charge on any atom is -0.343 e. The minimum absolute atomic E-state index is 0.488. The van der Waals surface area contributed by atoms with Crippen molar-refractivity contribution in [2.75, 3.05) is 6.54 Å². The highest BCUT2D eigenvalue weighted by molar-refractivity contribution is 6.62. The lowest BCUT2D eigenvalue weighted by molar-refractivity contribution is 0.260. The summed E-state index contributed by atoms with van der Waals surface area (Å²) in [5.74, 6) is 0. The summed E-state index contributed by atoms with van der Waals surface area (Å²) in [6.07, 6.45) is 0. The van der Waals surface area contributed by atoms with Gasteiger partial charge >= 0.3 is 5.37 Å². The quantitative estimate of drug-likeness (QED) is 0.392. The Labute approximate surface area is 41.5 Å². The van der Waals surface area contributed by atoms with Gasteiger partial charge in [-0.05, 0) is 18.5 Å². The molecular formula is C3H6ClNO. The number of carbonyl (C=O) groups is 1. The smallest absolute Gasteiger partial charge is 0.313 e. The second kappa shape index (κ2) is 2.97. The fourth-order valence-corrected chi connectivity index (χ4v) is 0.273. The van der Waals surface area contributed by atoms with Crippen LogP contribution in [0.1, 0.15) is 6.92 Å². The van der Waals surface area contributed by atoms with Crippen LogP contribution in [0.2, 0.25) is 0 Å². The van der Waals surface area contributed by atoms with Crippen LogP contribution in [0.15, 0.2) is 0 Å². The highest BCUT2D eigenvalue weighted by Gasteiger charge is 1.82. The summed E-state index contributed by atoms with van der Waals surface area (Å²) in [7, 11) is 0. The molecule has 36 valence electrons. The highest BCUT2D eigenvalue weighted by Crippen LogP contribution is 1.72. The van der Waals surface area contributed by atoms with Gasteiger partial charge in [0.2, 0.25) is 0 Å². The van der Waals surface area contributed by atoms with Crippen LogP contribution < -0.4 is 5.32 Å². The van der Waals surface area contributed by atoms with Crippen molar-refractivity contribution in [1.29, 1.82) is 0 Å². The van der Waals surface area contributed by atoms with E-state index < -0.39 is 5.37 Å². The van der Waals surface area contributed by atoms with Crippen molar-refractivity contribution in [2.45, 2.75) is 6.92 Å². The third kappa shape index (κ3) is 3.76. The molecule has 0 atom stereocenters. The molecule has 0 unspecified atom stereocenters. The topological polar surface area (TPSA) is 29.1 Å². The molecule has 0 fully saturated rings. The first-order valence-corrected chi connectivity index (χ1v) is 2.08. The van der Waals surface area contributed by atoms with E-state index in [1.807, 2.05) is 0 Å². The molecule has 0 heterocycles. The number of hydrogen-bond acceptors (Lipinski definition) is 1. The van der Waals surface area contributed by atoms with Gasteiger partial charge in [0.25, 0.3) is 0 Å². The summed E-state index contributed by atoms with van der Waals surface area (Å²) in [6, 6.07) is 0. The third-order valence-electron chi connectivity index (χ3n) is 0.316. The van der Waals surface area contributed by atoms with E-state index in [2.05, 4.69) is 5.32 Å². The summed E-state index contributed by atoms with van der Waals surface area (Å²) >= 11 is 4.83. The largest absolute Gasteiger partial charge is 0.343 e. The number of halogens is 1. The van der Waals surface area contributed by atoms with Crippen molar-refractivity contribution in [2.24, 2.45) is 0 Å². The molecule has 0 aliphatic rings. The van der Waals surface area contributed by atoms with E-state index >= 15 is 0 Å². The van der Waals surface area contributed by atoms with Gasteiger partial charge in [0.05, 0.1) is 0 Å². The van der Waals surface area contributed by atoms with Crippen LogP contribution in [-0.2, 0) is 0 Å². The monoisotopic (exact) mass is 106 g/mol. The predicted octanol–water partition coefficient (Wildman–Crippen LogP) is 0.955. The van der Waals surface area contributed by atoms with E-state index in [0.717, 1.165) is 0 Å². The van der Waals surface area contributed by atoms with Crippen LogP contribution in [0.3, 0.4) is 0 Å². The Morgan fingerprint density at radius 1 is 2.00 bits per heavy atom. The standard InChI is InChI=1S/C3H6ClNO/c1-2-5-3(4)6/h2H2,1H3,(H,5,6)/i3-1. The fourth-order valence-electron chi connectivity index (χ4n) is 0.139. The summed E-state index contributed by atoms with van der Waals surface area (Å²) < 4.78 is 0. The molecule has 0 bridgehead atoms. The van der Waals surface area contributed by atoms with Crippen LogP contribution in [0.25, 0.3) is 0 Å². The van der Waals surface area contributed by atoms with Crippen molar-refractivity contribution >= 4 is 17.0 Å². The average molecular weight is 107 g/mol. The molecule has 0 aliphatic carbocycles. The number of carbonyl (C=O) groups excluding carboxylic acids is 1. The summed E-state index contributed by atoms with van der Waals surface area (Å²) in [5, 5.41) is 1.85. The van der Waals surface area contributed by atoms with E-state index in [1.165, 1.54) is 0 Å². The van der Waals surface area contributed by atoms with E-state index in [4.69, 9.17) is 11.6 Å². The maximum atomic E-state index is 9.70. The maximum Gasteiger partial charge on any atom is 0.313 e. The van der Waals surface area contributed by atoms with Crippen molar-refractivity contribution in [3.05, 3.63) is 0 Å². The number of hydrogen-bond donors (Lipinski definition) is 1. The molecule has 0 aromatic heterocycles. The Kier molecular flexibility index (Phi) is 2.85. The summed E-state index contributed by atoms with van der Waals surface area (Å²) in [4.78, 5) is 9.70. The van der Waals surface area contributed by atoms with Gasteiger partial charge in [-0.3, -0.25) is 4.79 Å². The van der Waals surface area contributed by atoms with Gasteiger partial charge in [-0.15, -0.1) is 0 Å². The molecule has 3 heteroatoms. The molecule has 0 aliphatic heterocycles. The van der Waals surface area contributed by atoms with Crippen molar-refractivity contribution in [1.82, 2.24) is 5.32 Å². The molecule has 0 spiro atoms. The summed E-state index contributed by atoms with van der Waals surface area (Å²) in [5.41, 5.74) is 0. The SMILES string of the molecule is CCN[11C](=O)Cl. The molecule has 1 amide bonds. The van der Waals surface area contributed by atoms with E-state index in [9.17, 15) is 4.79 Å². The third-order valence-corrected chi connectivity index (χ3v) is 0.449. The average Bonchev–Trinajstić information content (AvgIpc) is 1.35. The van der Waals surface area contributed by atoms with Crippen molar-refractivity contribution in [3.63, 3.8) is 0 Å². The second-order valence-electron chi connectivity index (χ2n) is 0.804. The molecule has 0 saturated carbocycles. The van der Waals surface area contributed by atoms with Gasteiger partial charge < -0.3 is 5.32 Å². The molecular weight excluding hydrogens is 100 g/mol. The Hall–Kier alpha value is -0.240. The molecule has 6 heavy (non-hydrogen) atoms. The fraction of sp³-hybridized carbons (Fsp3) is 0.667. The Morgan fingerprint density at radius 3 is 2.50 bits per heavy atom. The molecule has 0 aromatic rings. The zero-order valence-corrected chi connectivity index (χ0v) is 4.25. The Balaban J connectivity index is 2.83. The molecule has 2 nitrogen and oxygen atoms in total.